The van der Waals surface area contributed by atoms with Crippen LogP contribution >= 0.6 is 0 Å². The normalized spacial score (nSPS) is 15.2. The molecule has 4 heterocycles. The number of ether oxygens (including phenoxy) is 2. The molecule has 296 valence electrons. The lowest BCUT2D eigenvalue weighted by Gasteiger charge is -2.28. The Balaban J connectivity index is 0.990. The van der Waals surface area contributed by atoms with E-state index < -0.39 is 36.2 Å². The predicted molar refractivity (Wildman–Crippen MR) is 212 cm³/mol. The molecule has 0 aliphatic carbocycles. The molecule has 4 amide bonds. The molecular formula is C42H42N10O6. The number of benzene rings is 3. The number of rotatable bonds is 12. The molecule has 0 spiro atoms. The maximum absolute atomic E-state index is 13.9. The highest BCUT2D eigenvalue weighted by Gasteiger charge is 2.37. The molecule has 1 saturated heterocycles. The minimum atomic E-state index is -0.954. The van der Waals surface area contributed by atoms with E-state index in [1.807, 2.05) is 60.7 Å². The third-order valence-corrected chi connectivity index (χ3v) is 9.91. The minimum absolute atomic E-state index is 0.248. The van der Waals surface area contributed by atoms with Crippen molar-refractivity contribution >= 4 is 24.0 Å². The quantitative estimate of drug-likeness (QED) is 0.0984. The molecule has 7 rings (SSSR count). The number of hydrogen-bond acceptors (Lipinski definition) is 10. The number of likely N-dealkylation sites (tertiary alicyclic amines) is 1. The second kappa shape index (κ2) is 17.6. The van der Waals surface area contributed by atoms with Crippen molar-refractivity contribution in [3.63, 3.8) is 0 Å². The fourth-order valence-electron chi connectivity index (χ4n) is 6.87. The first kappa shape index (κ1) is 38.9. The smallest absolute Gasteiger partial charge is 0.407 e. The van der Waals surface area contributed by atoms with Crippen LogP contribution in [0.25, 0.3) is 33.9 Å². The molecule has 58 heavy (non-hydrogen) atoms. The van der Waals surface area contributed by atoms with Crippen LogP contribution in [0.3, 0.4) is 0 Å². The maximum atomic E-state index is 13.9. The number of amides is 4. The van der Waals surface area contributed by atoms with E-state index >= 15 is 0 Å². The van der Waals surface area contributed by atoms with Crippen LogP contribution in [-0.4, -0.2) is 79.8 Å². The van der Waals surface area contributed by atoms with Crippen molar-refractivity contribution in [2.45, 2.75) is 43.9 Å². The third kappa shape index (κ3) is 8.70. The number of aromatic amines is 2. The van der Waals surface area contributed by atoms with Crippen LogP contribution < -0.4 is 16.0 Å². The van der Waals surface area contributed by atoms with Crippen molar-refractivity contribution in [3.05, 3.63) is 132 Å². The van der Waals surface area contributed by atoms with Gasteiger partial charge in [0.15, 0.2) is 0 Å². The largest absolute Gasteiger partial charge is 0.453 e. The van der Waals surface area contributed by atoms with Crippen LogP contribution in [0.15, 0.2) is 109 Å². The number of carbonyl (C=O) groups excluding carboxylic acids is 4. The van der Waals surface area contributed by atoms with Crippen LogP contribution in [0.1, 0.15) is 66.7 Å². The Labute approximate surface area is 333 Å². The lowest BCUT2D eigenvalue weighted by atomic mass is 10.1. The number of imidazole rings is 2. The molecule has 5 N–H and O–H groups in total. The van der Waals surface area contributed by atoms with Gasteiger partial charge >= 0.3 is 12.2 Å². The molecule has 1 aliphatic heterocycles. The number of carbonyl (C=O) groups is 4. The average Bonchev–Trinajstić information content (AvgIpc) is 4.07. The zero-order valence-electron chi connectivity index (χ0n) is 32.0. The van der Waals surface area contributed by atoms with E-state index in [0.29, 0.717) is 52.8 Å². The van der Waals surface area contributed by atoms with E-state index in [9.17, 15) is 19.2 Å². The first-order valence-electron chi connectivity index (χ1n) is 18.7. The van der Waals surface area contributed by atoms with E-state index in [2.05, 4.69) is 46.1 Å². The summed E-state index contributed by atoms with van der Waals surface area (Å²) in [4.78, 5) is 68.7. The van der Waals surface area contributed by atoms with Gasteiger partial charge in [-0.05, 0) is 48.6 Å². The summed E-state index contributed by atoms with van der Waals surface area (Å²) in [5.41, 5.74) is 5.67. The lowest BCUT2D eigenvalue weighted by Crippen LogP contribution is -2.42. The summed E-state index contributed by atoms with van der Waals surface area (Å²) in [6.45, 7) is 2.32. The summed E-state index contributed by atoms with van der Waals surface area (Å²) >= 11 is 0. The molecule has 16 nitrogen and oxygen atoms in total. The summed E-state index contributed by atoms with van der Waals surface area (Å²) in [5.74, 6) is 0.502. The van der Waals surface area contributed by atoms with Gasteiger partial charge in [0.1, 0.15) is 29.4 Å². The van der Waals surface area contributed by atoms with Gasteiger partial charge in [-0.1, -0.05) is 84.9 Å². The zero-order chi connectivity index (χ0) is 40.6. The molecular weight excluding hydrogens is 741 g/mol. The number of methoxy groups -OCH3 is 2. The van der Waals surface area contributed by atoms with Crippen molar-refractivity contribution in [1.82, 2.24) is 51.0 Å². The number of aromatic nitrogens is 6. The van der Waals surface area contributed by atoms with Crippen molar-refractivity contribution < 1.29 is 28.7 Å². The highest BCUT2D eigenvalue weighted by atomic mass is 16.5. The first-order valence-corrected chi connectivity index (χ1v) is 18.7. The fourth-order valence-corrected chi connectivity index (χ4v) is 6.87. The summed E-state index contributed by atoms with van der Waals surface area (Å²) in [7, 11) is 2.51. The van der Waals surface area contributed by atoms with E-state index in [1.54, 1.807) is 60.6 Å². The standard InChI is InChI=1S/C42H42N10O6/c1-25(45-39(53)35(48-41(55)57-2)28-11-6-4-7-12-28)37-43-23-32(46-37)27-18-16-26(17-19-27)30-20-21-31(51-50-30)33-24-44-38(47-33)34-15-10-22-52(34)40(54)36(49-42(56)58-3)29-13-8-5-9-14-29/h4-9,11-14,16-21,23-25,34-36H,10,15,22H2,1-3H3,(H,43,46)(H,44,47)(H,45,53)(H,48,55)(H,49,56)/t25?,34-,35?,36?/m0/s1. The van der Waals surface area contributed by atoms with E-state index in [-0.39, 0.29) is 11.9 Å². The molecule has 1 fully saturated rings. The highest BCUT2D eigenvalue weighted by Crippen LogP contribution is 2.34. The summed E-state index contributed by atoms with van der Waals surface area (Å²) in [5, 5.41) is 17.1. The number of H-pyrrole nitrogens is 2. The molecule has 3 aromatic heterocycles. The molecule has 16 heteroatoms. The van der Waals surface area contributed by atoms with Gasteiger partial charge in [-0.25, -0.2) is 19.6 Å². The van der Waals surface area contributed by atoms with Gasteiger partial charge in [0.05, 0.1) is 55.8 Å². The predicted octanol–water partition coefficient (Wildman–Crippen LogP) is 5.96. The lowest BCUT2D eigenvalue weighted by molar-refractivity contribution is -0.134. The van der Waals surface area contributed by atoms with Crippen LogP contribution in [-0.2, 0) is 19.1 Å². The fraction of sp³-hybridized carbons (Fsp3) is 0.238. The molecule has 3 unspecified atom stereocenters. The average molecular weight is 783 g/mol. The van der Waals surface area contributed by atoms with Gasteiger partial charge in [0, 0.05) is 12.1 Å². The number of nitrogens with zero attached hydrogens (tertiary/aromatic N) is 5. The zero-order valence-corrected chi connectivity index (χ0v) is 32.0. The molecule has 4 atom stereocenters. The second-order valence-corrected chi connectivity index (χ2v) is 13.6. The van der Waals surface area contributed by atoms with Crippen LogP contribution in [0.2, 0.25) is 0 Å². The van der Waals surface area contributed by atoms with Gasteiger partial charge in [0.25, 0.3) is 5.91 Å². The van der Waals surface area contributed by atoms with Gasteiger partial charge < -0.3 is 40.3 Å². The van der Waals surface area contributed by atoms with E-state index in [0.717, 1.165) is 23.2 Å². The Bertz CT molecular complexity index is 2350. The number of alkyl carbamates (subject to hydrolysis) is 2. The Morgan fingerprint density at radius 1 is 0.690 bits per heavy atom. The van der Waals surface area contributed by atoms with E-state index in [1.165, 1.54) is 14.2 Å². The van der Waals surface area contributed by atoms with Crippen LogP contribution in [0.5, 0.6) is 0 Å². The Morgan fingerprint density at radius 2 is 1.28 bits per heavy atom. The molecule has 6 aromatic rings. The number of nitrogens with one attached hydrogen (secondary N) is 5. The molecule has 0 bridgehead atoms. The highest BCUT2D eigenvalue weighted by molar-refractivity contribution is 5.88. The van der Waals surface area contributed by atoms with Gasteiger partial charge in [-0.2, -0.15) is 0 Å². The van der Waals surface area contributed by atoms with Crippen molar-refractivity contribution in [2.24, 2.45) is 0 Å². The first-order chi connectivity index (χ1) is 28.2. The van der Waals surface area contributed by atoms with Crippen molar-refractivity contribution in [3.8, 4) is 33.9 Å². The minimum Gasteiger partial charge on any atom is -0.453 e. The van der Waals surface area contributed by atoms with Crippen molar-refractivity contribution in [2.75, 3.05) is 20.8 Å². The molecule has 0 radical (unpaired) electrons. The molecule has 3 aromatic carbocycles. The summed E-state index contributed by atoms with van der Waals surface area (Å²) < 4.78 is 9.53. The summed E-state index contributed by atoms with van der Waals surface area (Å²) in [6, 6.07) is 26.8. The monoisotopic (exact) mass is 782 g/mol. The number of hydrogen-bond donors (Lipinski definition) is 5. The Hall–Kier alpha value is -7.36. The topological polar surface area (TPSA) is 209 Å². The van der Waals surface area contributed by atoms with Gasteiger partial charge in [-0.3, -0.25) is 9.59 Å². The van der Waals surface area contributed by atoms with Gasteiger partial charge in [0.2, 0.25) is 5.91 Å². The molecule has 1 aliphatic rings. The Kier molecular flexibility index (Phi) is 11.8. The van der Waals surface area contributed by atoms with Crippen molar-refractivity contribution in [1.29, 1.82) is 0 Å². The Morgan fingerprint density at radius 3 is 1.91 bits per heavy atom. The summed E-state index contributed by atoms with van der Waals surface area (Å²) in [6.07, 6.45) is 3.46. The maximum Gasteiger partial charge on any atom is 0.407 e. The molecule has 0 saturated carbocycles. The second-order valence-electron chi connectivity index (χ2n) is 13.6. The van der Waals surface area contributed by atoms with Crippen LogP contribution in [0.4, 0.5) is 9.59 Å². The van der Waals surface area contributed by atoms with Crippen LogP contribution in [0, 0.1) is 0 Å². The van der Waals surface area contributed by atoms with Gasteiger partial charge in [-0.15, -0.1) is 10.2 Å². The third-order valence-electron chi connectivity index (χ3n) is 9.91. The SMILES string of the molecule is COC(=O)NC(C(=O)NC(C)c1ncc(-c2ccc(-c3ccc(-c4cnc([C@@H]5CCCN5C(=O)C(NC(=O)OC)c5ccccc5)[nH]4)nn3)cc2)[nH]1)c1ccccc1. The van der Waals surface area contributed by atoms with E-state index in [4.69, 9.17) is 9.47 Å².